The molecule has 2 atom stereocenters. The summed E-state index contributed by atoms with van der Waals surface area (Å²) < 4.78 is 12.7. The minimum Gasteiger partial charge on any atom is -0.350 e. The van der Waals surface area contributed by atoms with Crippen LogP contribution in [0.1, 0.15) is 67.2 Å². The molecule has 1 rings (SSSR count). The Kier molecular flexibility index (Phi) is 6.51. The SMILES string of the molecule is CC(=O)c1c(C)cc(C)c(C[S@](=O)[C@H](C)C(=O)NC(C)(C)C)c1C. The zero-order valence-corrected chi connectivity index (χ0v) is 16.8. The summed E-state index contributed by atoms with van der Waals surface area (Å²) in [6.07, 6.45) is 0. The Hall–Kier alpha value is -1.49. The molecule has 0 aliphatic rings. The number of nitrogens with one attached hydrogen (secondary N) is 1. The lowest BCUT2D eigenvalue weighted by atomic mass is 9.92. The molecule has 5 heteroatoms. The van der Waals surface area contributed by atoms with Crippen molar-refractivity contribution < 1.29 is 13.8 Å². The molecule has 1 aromatic carbocycles. The first-order valence-electron chi connectivity index (χ1n) is 8.15. The summed E-state index contributed by atoms with van der Waals surface area (Å²) in [6, 6.07) is 1.95. The van der Waals surface area contributed by atoms with E-state index in [0.29, 0.717) is 5.56 Å². The Morgan fingerprint density at radius 1 is 1.17 bits per heavy atom. The van der Waals surface area contributed by atoms with E-state index in [1.165, 1.54) is 0 Å². The van der Waals surface area contributed by atoms with Gasteiger partial charge < -0.3 is 5.32 Å². The molecule has 1 amide bonds. The van der Waals surface area contributed by atoms with Crippen molar-refractivity contribution in [1.82, 2.24) is 5.32 Å². The summed E-state index contributed by atoms with van der Waals surface area (Å²) in [5, 5.41) is 2.26. The molecule has 4 nitrogen and oxygen atoms in total. The zero-order chi connectivity index (χ0) is 18.8. The number of hydrogen-bond donors (Lipinski definition) is 1. The topological polar surface area (TPSA) is 63.2 Å². The number of hydrogen-bond acceptors (Lipinski definition) is 3. The largest absolute Gasteiger partial charge is 0.350 e. The van der Waals surface area contributed by atoms with E-state index in [4.69, 9.17) is 0 Å². The molecule has 134 valence electrons. The van der Waals surface area contributed by atoms with Crippen LogP contribution in [0.4, 0.5) is 0 Å². The lowest BCUT2D eigenvalue weighted by Crippen LogP contribution is -2.46. The highest BCUT2D eigenvalue weighted by molar-refractivity contribution is 7.85. The van der Waals surface area contributed by atoms with Gasteiger partial charge >= 0.3 is 0 Å². The molecular formula is C19H29NO3S. The van der Waals surface area contributed by atoms with Gasteiger partial charge in [0.15, 0.2) is 5.78 Å². The molecule has 0 bridgehead atoms. The molecule has 24 heavy (non-hydrogen) atoms. The van der Waals surface area contributed by atoms with Gasteiger partial charge in [0.2, 0.25) is 5.91 Å². The van der Waals surface area contributed by atoms with Crippen molar-refractivity contribution >= 4 is 22.5 Å². The number of ketones is 1. The van der Waals surface area contributed by atoms with Gasteiger partial charge in [0.05, 0.1) is 0 Å². The van der Waals surface area contributed by atoms with Crippen LogP contribution in [-0.2, 0) is 21.3 Å². The summed E-state index contributed by atoms with van der Waals surface area (Å²) in [5.74, 6) is 0.0716. The Balaban J connectivity index is 3.09. The second-order valence-electron chi connectivity index (χ2n) is 7.45. The number of Topliss-reactive ketones (excluding diaryl/α,β-unsaturated/α-hetero) is 1. The first-order valence-corrected chi connectivity index (χ1v) is 9.53. The van der Waals surface area contributed by atoms with Gasteiger partial charge in [-0.2, -0.15) is 0 Å². The van der Waals surface area contributed by atoms with Crippen LogP contribution < -0.4 is 5.32 Å². The normalized spacial score (nSPS) is 14.2. The molecule has 0 aromatic heterocycles. The molecule has 0 aliphatic heterocycles. The second kappa shape index (κ2) is 7.60. The highest BCUT2D eigenvalue weighted by Gasteiger charge is 2.25. The molecule has 0 fully saturated rings. The number of rotatable bonds is 5. The van der Waals surface area contributed by atoms with Gasteiger partial charge in [-0.25, -0.2) is 0 Å². The fourth-order valence-corrected chi connectivity index (χ4v) is 4.12. The van der Waals surface area contributed by atoms with E-state index in [0.717, 1.165) is 22.3 Å². The average molecular weight is 352 g/mol. The molecule has 0 unspecified atom stereocenters. The van der Waals surface area contributed by atoms with E-state index in [9.17, 15) is 13.8 Å². The van der Waals surface area contributed by atoms with Crippen LogP contribution in [0, 0.1) is 20.8 Å². The maximum Gasteiger partial charge on any atom is 0.235 e. The van der Waals surface area contributed by atoms with Gasteiger partial charge in [-0.05, 0) is 77.6 Å². The van der Waals surface area contributed by atoms with E-state index in [1.807, 2.05) is 47.6 Å². The third kappa shape index (κ3) is 5.00. The van der Waals surface area contributed by atoms with Gasteiger partial charge in [0.25, 0.3) is 0 Å². The third-order valence-corrected chi connectivity index (χ3v) is 5.61. The van der Waals surface area contributed by atoms with Gasteiger partial charge in [0, 0.05) is 27.7 Å². The molecule has 0 radical (unpaired) electrons. The predicted octanol–water partition coefficient (Wildman–Crippen LogP) is 3.37. The smallest absolute Gasteiger partial charge is 0.235 e. The molecule has 1 N–H and O–H groups in total. The summed E-state index contributed by atoms with van der Waals surface area (Å²) >= 11 is 0. The van der Waals surface area contributed by atoms with Crippen LogP contribution in [0.5, 0.6) is 0 Å². The predicted molar refractivity (Wildman–Crippen MR) is 99.9 cm³/mol. The third-order valence-electron chi connectivity index (χ3n) is 4.03. The molecule has 0 saturated carbocycles. The van der Waals surface area contributed by atoms with Crippen molar-refractivity contribution in [2.45, 2.75) is 71.9 Å². The zero-order valence-electron chi connectivity index (χ0n) is 16.0. The summed E-state index contributed by atoms with van der Waals surface area (Å²) in [6.45, 7) is 14.7. The van der Waals surface area contributed by atoms with Crippen molar-refractivity contribution in [1.29, 1.82) is 0 Å². The van der Waals surface area contributed by atoms with Crippen LogP contribution >= 0.6 is 0 Å². The maximum atomic E-state index is 12.7. The first-order chi connectivity index (χ1) is 10.8. The van der Waals surface area contributed by atoms with E-state index in [2.05, 4.69) is 5.32 Å². The second-order valence-corrected chi connectivity index (χ2v) is 9.21. The van der Waals surface area contributed by atoms with Crippen molar-refractivity contribution in [2.75, 3.05) is 0 Å². The van der Waals surface area contributed by atoms with E-state index >= 15 is 0 Å². The standard InChI is InChI=1S/C19H29NO3S/c1-11-9-12(2)17(14(4)21)13(3)16(11)10-24(23)15(5)18(22)20-19(6,7)8/h9,15H,10H2,1-8H3,(H,20,22)/t15-,24+/m1/s1. The number of aryl methyl sites for hydroxylation is 2. The maximum absolute atomic E-state index is 12.7. The fraction of sp³-hybridized carbons (Fsp3) is 0.579. The van der Waals surface area contributed by atoms with E-state index in [-0.39, 0.29) is 23.0 Å². The summed E-state index contributed by atoms with van der Waals surface area (Å²) in [4.78, 5) is 24.1. The van der Waals surface area contributed by atoms with Crippen molar-refractivity contribution in [2.24, 2.45) is 0 Å². The minimum absolute atomic E-state index is 0.00977. The number of carbonyl (C=O) groups is 2. The molecule has 0 saturated heterocycles. The molecule has 0 aliphatic carbocycles. The Bertz CT molecular complexity index is 687. The monoisotopic (exact) mass is 351 g/mol. The average Bonchev–Trinajstić information content (AvgIpc) is 2.39. The van der Waals surface area contributed by atoms with Gasteiger partial charge in [-0.3, -0.25) is 13.8 Å². The van der Waals surface area contributed by atoms with Gasteiger partial charge in [0.1, 0.15) is 5.25 Å². The summed E-state index contributed by atoms with van der Waals surface area (Å²) in [7, 11) is -1.35. The van der Waals surface area contributed by atoms with E-state index < -0.39 is 16.0 Å². The molecule has 0 spiro atoms. The van der Waals surface area contributed by atoms with Gasteiger partial charge in [-0.1, -0.05) is 6.07 Å². The van der Waals surface area contributed by atoms with Crippen molar-refractivity contribution in [3.63, 3.8) is 0 Å². The van der Waals surface area contributed by atoms with Gasteiger partial charge in [-0.15, -0.1) is 0 Å². The number of carbonyl (C=O) groups excluding carboxylic acids is 2. The number of benzene rings is 1. The van der Waals surface area contributed by atoms with Crippen LogP contribution in [0.25, 0.3) is 0 Å². The highest BCUT2D eigenvalue weighted by atomic mass is 32.2. The van der Waals surface area contributed by atoms with Crippen molar-refractivity contribution in [3.05, 3.63) is 33.9 Å². The Morgan fingerprint density at radius 2 is 1.71 bits per heavy atom. The molecule has 1 aromatic rings. The first kappa shape index (κ1) is 20.6. The fourth-order valence-electron chi connectivity index (χ4n) is 2.85. The number of amides is 1. The lowest BCUT2D eigenvalue weighted by molar-refractivity contribution is -0.121. The van der Waals surface area contributed by atoms with Crippen molar-refractivity contribution in [3.8, 4) is 0 Å². The Labute approximate surface area is 147 Å². The minimum atomic E-state index is -1.35. The summed E-state index contributed by atoms with van der Waals surface area (Å²) in [5.41, 5.74) is 4.06. The van der Waals surface area contributed by atoms with Crippen LogP contribution in [0.3, 0.4) is 0 Å². The quantitative estimate of drug-likeness (QED) is 0.827. The lowest BCUT2D eigenvalue weighted by Gasteiger charge is -2.23. The highest BCUT2D eigenvalue weighted by Crippen LogP contribution is 2.25. The van der Waals surface area contributed by atoms with E-state index in [1.54, 1.807) is 13.8 Å². The Morgan fingerprint density at radius 3 is 2.17 bits per heavy atom. The van der Waals surface area contributed by atoms with Crippen LogP contribution in [-0.4, -0.2) is 26.7 Å². The van der Waals surface area contributed by atoms with Crippen LogP contribution in [0.2, 0.25) is 0 Å². The molecule has 0 heterocycles. The molecular weight excluding hydrogens is 322 g/mol. The van der Waals surface area contributed by atoms with Crippen LogP contribution in [0.15, 0.2) is 6.07 Å².